The summed E-state index contributed by atoms with van der Waals surface area (Å²) < 4.78 is 0. The van der Waals surface area contributed by atoms with Crippen molar-refractivity contribution in [2.75, 3.05) is 0 Å². The Morgan fingerprint density at radius 1 is 0.818 bits per heavy atom. The number of hydrogen-bond donors (Lipinski definition) is 3. The lowest BCUT2D eigenvalue weighted by Crippen LogP contribution is -2.06. The number of ketones is 1. The molecule has 0 bridgehead atoms. The molecule has 0 amide bonds. The highest BCUT2D eigenvalue weighted by Gasteiger charge is 2.10. The van der Waals surface area contributed by atoms with Crippen LogP contribution in [0.15, 0.2) is 23.3 Å². The van der Waals surface area contributed by atoms with E-state index < -0.39 is 17.9 Å². The highest BCUT2D eigenvalue weighted by molar-refractivity contribution is 5.84. The average molecular weight is 312 g/mol. The molecule has 0 aromatic rings. The van der Waals surface area contributed by atoms with E-state index in [1.807, 2.05) is 0 Å². The van der Waals surface area contributed by atoms with Gasteiger partial charge < -0.3 is 15.3 Å². The standard InChI is InChI=1S/C15H20O7/c1-10(2-5-13(17)18)8-11(3-6-14(19)20)9-12(16)4-7-15(21)22/h2,8H,3-7,9H2,1H3,(H,17,18)(H,19,20)(H,21,22)/b10-2+,11-8+. The molecule has 22 heavy (non-hydrogen) atoms. The first-order valence-electron chi connectivity index (χ1n) is 6.74. The van der Waals surface area contributed by atoms with Gasteiger partial charge in [0, 0.05) is 19.3 Å². The Kier molecular flexibility index (Phi) is 9.17. The monoisotopic (exact) mass is 312 g/mol. The van der Waals surface area contributed by atoms with Gasteiger partial charge in [-0.2, -0.15) is 0 Å². The summed E-state index contributed by atoms with van der Waals surface area (Å²) in [6.45, 7) is 1.66. The van der Waals surface area contributed by atoms with Crippen LogP contribution < -0.4 is 0 Å². The maximum atomic E-state index is 11.7. The molecule has 0 aromatic carbocycles. The highest BCUT2D eigenvalue weighted by atomic mass is 16.4. The lowest BCUT2D eigenvalue weighted by Gasteiger charge is -2.06. The molecule has 0 aliphatic rings. The lowest BCUT2D eigenvalue weighted by atomic mass is 9.99. The normalized spacial score (nSPS) is 12.0. The molecule has 0 unspecified atom stereocenters. The van der Waals surface area contributed by atoms with Crippen LogP contribution in [0.3, 0.4) is 0 Å². The number of aliphatic carboxylic acids is 3. The minimum atomic E-state index is -1.07. The second-order valence-electron chi connectivity index (χ2n) is 4.85. The molecule has 0 aliphatic carbocycles. The summed E-state index contributed by atoms with van der Waals surface area (Å²) in [6, 6.07) is 0. The Labute approximate surface area is 127 Å². The molecule has 0 rings (SSSR count). The van der Waals surface area contributed by atoms with Crippen molar-refractivity contribution in [1.29, 1.82) is 0 Å². The van der Waals surface area contributed by atoms with E-state index in [0.717, 1.165) is 0 Å². The summed E-state index contributed by atoms with van der Waals surface area (Å²) >= 11 is 0. The fourth-order valence-corrected chi connectivity index (χ4v) is 1.70. The summed E-state index contributed by atoms with van der Waals surface area (Å²) in [6.07, 6.45) is 2.49. The molecule has 3 N–H and O–H groups in total. The largest absolute Gasteiger partial charge is 0.481 e. The van der Waals surface area contributed by atoms with Crippen LogP contribution in [0.5, 0.6) is 0 Å². The van der Waals surface area contributed by atoms with E-state index in [2.05, 4.69) is 0 Å². The van der Waals surface area contributed by atoms with Crippen LogP contribution in [0.1, 0.15) is 45.4 Å². The zero-order chi connectivity index (χ0) is 17.1. The minimum absolute atomic E-state index is 0.0290. The Morgan fingerprint density at radius 2 is 1.36 bits per heavy atom. The van der Waals surface area contributed by atoms with Gasteiger partial charge in [0.05, 0.1) is 12.8 Å². The van der Waals surface area contributed by atoms with Gasteiger partial charge in [0.2, 0.25) is 0 Å². The maximum absolute atomic E-state index is 11.7. The molecule has 0 aliphatic heterocycles. The molecule has 0 saturated carbocycles. The third kappa shape index (κ3) is 11.4. The number of carbonyl (C=O) groups excluding carboxylic acids is 1. The van der Waals surface area contributed by atoms with Crippen LogP contribution >= 0.6 is 0 Å². The minimum Gasteiger partial charge on any atom is -0.481 e. The molecule has 0 heterocycles. The first-order chi connectivity index (χ1) is 10.2. The Balaban J connectivity index is 4.83. The number of carboxylic acid groups (broad SMARTS) is 3. The van der Waals surface area contributed by atoms with E-state index in [1.54, 1.807) is 13.0 Å². The SMILES string of the molecule is CC(=C\CC(=O)O)/C=C(\CCC(=O)O)CC(=O)CCC(=O)O. The van der Waals surface area contributed by atoms with Crippen LogP contribution in [0.25, 0.3) is 0 Å². The molecule has 7 heteroatoms. The van der Waals surface area contributed by atoms with Crippen molar-refractivity contribution < 1.29 is 34.5 Å². The van der Waals surface area contributed by atoms with Gasteiger partial charge >= 0.3 is 17.9 Å². The lowest BCUT2D eigenvalue weighted by molar-refractivity contribution is -0.138. The van der Waals surface area contributed by atoms with Crippen molar-refractivity contribution in [3.8, 4) is 0 Å². The highest BCUT2D eigenvalue weighted by Crippen LogP contribution is 2.16. The van der Waals surface area contributed by atoms with Gasteiger partial charge in [-0.1, -0.05) is 23.3 Å². The quantitative estimate of drug-likeness (QED) is 0.498. The van der Waals surface area contributed by atoms with Crippen molar-refractivity contribution in [3.05, 3.63) is 23.3 Å². The topological polar surface area (TPSA) is 129 Å². The molecular weight excluding hydrogens is 292 g/mol. The summed E-state index contributed by atoms with van der Waals surface area (Å²) in [7, 11) is 0. The van der Waals surface area contributed by atoms with Crippen LogP contribution in [0.2, 0.25) is 0 Å². The van der Waals surface area contributed by atoms with Crippen molar-refractivity contribution in [2.45, 2.75) is 45.4 Å². The van der Waals surface area contributed by atoms with E-state index in [0.29, 0.717) is 11.1 Å². The first kappa shape index (κ1) is 19.6. The van der Waals surface area contributed by atoms with Gasteiger partial charge in [-0.05, 0) is 13.3 Å². The number of Topliss-reactive ketones (excluding diaryl/α,β-unsaturated/α-hetero) is 1. The van der Waals surface area contributed by atoms with Crippen molar-refractivity contribution >= 4 is 23.7 Å². The summed E-state index contributed by atoms with van der Waals surface area (Å²) in [5.74, 6) is -3.35. The molecule has 0 spiro atoms. The van der Waals surface area contributed by atoms with E-state index in [4.69, 9.17) is 15.3 Å². The zero-order valence-corrected chi connectivity index (χ0v) is 12.4. The second-order valence-corrected chi connectivity index (χ2v) is 4.85. The molecule has 0 fully saturated rings. The Morgan fingerprint density at radius 3 is 1.86 bits per heavy atom. The predicted molar refractivity (Wildman–Crippen MR) is 77.5 cm³/mol. The average Bonchev–Trinajstić information content (AvgIpc) is 2.40. The van der Waals surface area contributed by atoms with Gasteiger partial charge in [0.1, 0.15) is 5.78 Å². The fraction of sp³-hybridized carbons (Fsp3) is 0.467. The van der Waals surface area contributed by atoms with Crippen LogP contribution in [0, 0.1) is 0 Å². The molecule has 0 saturated heterocycles. The van der Waals surface area contributed by atoms with Gasteiger partial charge in [-0.25, -0.2) is 0 Å². The maximum Gasteiger partial charge on any atom is 0.307 e. The number of rotatable bonds is 11. The van der Waals surface area contributed by atoms with Crippen molar-refractivity contribution in [2.24, 2.45) is 0 Å². The molecule has 7 nitrogen and oxygen atoms in total. The smallest absolute Gasteiger partial charge is 0.307 e. The summed E-state index contributed by atoms with van der Waals surface area (Å²) in [4.78, 5) is 43.2. The first-order valence-corrected chi connectivity index (χ1v) is 6.74. The number of carbonyl (C=O) groups is 4. The predicted octanol–water partition coefficient (Wildman–Crippen LogP) is 2.02. The fourth-order valence-electron chi connectivity index (χ4n) is 1.70. The van der Waals surface area contributed by atoms with E-state index in [-0.39, 0.29) is 44.3 Å². The van der Waals surface area contributed by atoms with Gasteiger partial charge in [0.15, 0.2) is 0 Å². The second kappa shape index (κ2) is 10.3. The third-order valence-electron chi connectivity index (χ3n) is 2.73. The Hall–Kier alpha value is -2.44. The summed E-state index contributed by atoms with van der Waals surface area (Å²) in [5, 5.41) is 25.8. The van der Waals surface area contributed by atoms with E-state index in [1.165, 1.54) is 6.08 Å². The van der Waals surface area contributed by atoms with E-state index in [9.17, 15) is 19.2 Å². The number of hydrogen-bond acceptors (Lipinski definition) is 4. The number of allylic oxidation sites excluding steroid dienone is 3. The van der Waals surface area contributed by atoms with E-state index >= 15 is 0 Å². The Bertz CT molecular complexity index is 500. The molecule has 0 atom stereocenters. The van der Waals surface area contributed by atoms with Gasteiger partial charge in [0.25, 0.3) is 0 Å². The number of carboxylic acids is 3. The van der Waals surface area contributed by atoms with Crippen molar-refractivity contribution in [3.63, 3.8) is 0 Å². The van der Waals surface area contributed by atoms with Crippen molar-refractivity contribution in [1.82, 2.24) is 0 Å². The van der Waals surface area contributed by atoms with Gasteiger partial charge in [-0.15, -0.1) is 0 Å². The molecule has 0 radical (unpaired) electrons. The third-order valence-corrected chi connectivity index (χ3v) is 2.73. The van der Waals surface area contributed by atoms with Gasteiger partial charge in [-0.3, -0.25) is 19.2 Å². The summed E-state index contributed by atoms with van der Waals surface area (Å²) in [5.41, 5.74) is 1.17. The van der Waals surface area contributed by atoms with Crippen LogP contribution in [-0.2, 0) is 19.2 Å². The van der Waals surface area contributed by atoms with Crippen LogP contribution in [-0.4, -0.2) is 39.0 Å². The van der Waals surface area contributed by atoms with Crippen LogP contribution in [0.4, 0.5) is 0 Å². The molecule has 122 valence electrons. The molecule has 0 aromatic heterocycles. The molecular formula is C15H20O7. The zero-order valence-electron chi connectivity index (χ0n) is 12.4.